The Morgan fingerprint density at radius 1 is 1.24 bits per heavy atom. The fourth-order valence-corrected chi connectivity index (χ4v) is 1.86. The number of rotatable bonds is 6. The Morgan fingerprint density at radius 2 is 1.82 bits per heavy atom. The zero-order chi connectivity index (χ0) is 13.5. The van der Waals surface area contributed by atoms with E-state index in [1.807, 2.05) is 0 Å². The van der Waals surface area contributed by atoms with E-state index < -0.39 is 25.5 Å². The van der Waals surface area contributed by atoms with Gasteiger partial charge in [0.1, 0.15) is 11.9 Å². The third-order valence-corrected chi connectivity index (χ3v) is 3.02. The highest BCUT2D eigenvalue weighted by Crippen LogP contribution is 2.34. The monoisotopic (exact) mass is 260 g/mol. The van der Waals surface area contributed by atoms with Gasteiger partial charge in [-0.1, -0.05) is 20.8 Å². The molecule has 0 aliphatic rings. The summed E-state index contributed by atoms with van der Waals surface area (Å²) in [6.45, 7) is 5.89. The van der Waals surface area contributed by atoms with E-state index in [0.717, 1.165) is 12.8 Å². The molecule has 17 heavy (non-hydrogen) atoms. The first-order valence-corrected chi connectivity index (χ1v) is 7.55. The molecule has 0 unspecified atom stereocenters. The van der Waals surface area contributed by atoms with Crippen LogP contribution in [0.25, 0.3) is 0 Å². The molecule has 0 bridgehead atoms. The number of carbonyl (C=O) groups is 1. The van der Waals surface area contributed by atoms with E-state index in [0.29, 0.717) is 12.3 Å². The van der Waals surface area contributed by atoms with Crippen molar-refractivity contribution in [3.63, 3.8) is 0 Å². The number of Topliss-reactive ketones (excluding diaryl/α,β-unsaturated/α-hetero) is 1. The molecule has 0 spiro atoms. The van der Waals surface area contributed by atoms with Gasteiger partial charge >= 0.3 is 7.60 Å². The van der Waals surface area contributed by atoms with Gasteiger partial charge in [0.15, 0.2) is 0 Å². The lowest BCUT2D eigenvalue weighted by molar-refractivity contribution is -0.119. The van der Waals surface area contributed by atoms with Crippen molar-refractivity contribution >= 4 is 13.4 Å². The van der Waals surface area contributed by atoms with Crippen molar-refractivity contribution in [2.75, 3.05) is 6.16 Å². The van der Waals surface area contributed by atoms with Gasteiger partial charge in [0.25, 0.3) is 0 Å². The van der Waals surface area contributed by atoms with E-state index in [9.17, 15) is 9.36 Å². The minimum absolute atomic E-state index is 0.372. The molecule has 0 amide bonds. The number of hydrogen-bond acceptors (Lipinski definition) is 2. The molecule has 98 valence electrons. The van der Waals surface area contributed by atoms with Gasteiger partial charge in [-0.3, -0.25) is 9.36 Å². The lowest BCUT2D eigenvalue weighted by Crippen LogP contribution is -2.14. The minimum Gasteiger partial charge on any atom is -0.324 e. The zero-order valence-electron chi connectivity index (χ0n) is 10.6. The summed E-state index contributed by atoms with van der Waals surface area (Å²) < 4.78 is 10.6. The summed E-state index contributed by atoms with van der Waals surface area (Å²) in [7, 11) is -4.23. The Labute approximate surface area is 103 Å². The van der Waals surface area contributed by atoms with Crippen LogP contribution in [0.1, 0.15) is 40.0 Å². The summed E-state index contributed by atoms with van der Waals surface area (Å²) in [5, 5.41) is 0. The predicted molar refractivity (Wildman–Crippen MR) is 67.5 cm³/mol. The van der Waals surface area contributed by atoms with Crippen LogP contribution in [0.5, 0.6) is 0 Å². The summed E-state index contributed by atoms with van der Waals surface area (Å²) >= 11 is 0. The molecule has 0 rings (SSSR count). The van der Waals surface area contributed by atoms with E-state index in [1.165, 1.54) is 0 Å². The van der Waals surface area contributed by atoms with Gasteiger partial charge in [0.2, 0.25) is 0 Å². The molecule has 0 aliphatic heterocycles. The summed E-state index contributed by atoms with van der Waals surface area (Å²) in [5.41, 5.74) is 0. The van der Waals surface area contributed by atoms with Gasteiger partial charge in [0, 0.05) is 18.8 Å². The maximum absolute atomic E-state index is 11.4. The van der Waals surface area contributed by atoms with E-state index in [2.05, 4.69) is 25.7 Å². The summed E-state index contributed by atoms with van der Waals surface area (Å²) in [5.74, 6) is 5.63. The molecule has 5 heteroatoms. The second kappa shape index (κ2) is 7.66. The van der Waals surface area contributed by atoms with Crippen LogP contribution >= 0.6 is 7.60 Å². The van der Waals surface area contributed by atoms with E-state index in [4.69, 9.17) is 9.79 Å². The van der Waals surface area contributed by atoms with Crippen LogP contribution < -0.4 is 0 Å². The van der Waals surface area contributed by atoms with Crippen LogP contribution in [0.2, 0.25) is 0 Å². The standard InChI is InChI=1S/C12H21O4P/c1-10(2)7-5-4-6-8-11(3)12(13)9-17(14,15)16/h10-11H,5,7-9H2,1-3H3,(H2,14,15,16)/t11-/m0/s1. The van der Waals surface area contributed by atoms with Crippen molar-refractivity contribution in [2.45, 2.75) is 40.0 Å². The number of ketones is 1. The quantitative estimate of drug-likeness (QED) is 0.567. The Balaban J connectivity index is 3.97. The van der Waals surface area contributed by atoms with Gasteiger partial charge in [-0.2, -0.15) is 0 Å². The van der Waals surface area contributed by atoms with Gasteiger partial charge in [-0.25, -0.2) is 0 Å². The van der Waals surface area contributed by atoms with E-state index in [-0.39, 0.29) is 0 Å². The lowest BCUT2D eigenvalue weighted by Gasteiger charge is -2.07. The van der Waals surface area contributed by atoms with Crippen LogP contribution in [-0.2, 0) is 9.36 Å². The summed E-state index contributed by atoms with van der Waals surface area (Å²) in [6.07, 6.45) is 1.52. The van der Waals surface area contributed by atoms with E-state index in [1.54, 1.807) is 6.92 Å². The SMILES string of the molecule is CC(C)CCC#CC[C@H](C)C(=O)CP(=O)(O)O. The van der Waals surface area contributed by atoms with Crippen molar-refractivity contribution in [3.05, 3.63) is 0 Å². The molecule has 4 nitrogen and oxygen atoms in total. The average Bonchev–Trinajstić information content (AvgIpc) is 2.13. The topological polar surface area (TPSA) is 74.6 Å². The molecule has 0 aromatic heterocycles. The molecule has 0 saturated heterocycles. The molecular formula is C12H21O4P. The summed E-state index contributed by atoms with van der Waals surface area (Å²) in [6, 6.07) is 0. The molecule has 0 radical (unpaired) electrons. The third kappa shape index (κ3) is 10.3. The molecule has 0 aromatic rings. The van der Waals surface area contributed by atoms with Crippen LogP contribution in [0.15, 0.2) is 0 Å². The molecular weight excluding hydrogens is 239 g/mol. The zero-order valence-corrected chi connectivity index (χ0v) is 11.5. The summed E-state index contributed by atoms with van der Waals surface area (Å²) in [4.78, 5) is 28.7. The van der Waals surface area contributed by atoms with Crippen LogP contribution in [0.3, 0.4) is 0 Å². The Morgan fingerprint density at radius 3 is 2.29 bits per heavy atom. The lowest BCUT2D eigenvalue weighted by atomic mass is 10.0. The average molecular weight is 260 g/mol. The Kier molecular flexibility index (Phi) is 7.38. The fraction of sp³-hybridized carbons (Fsp3) is 0.750. The molecule has 0 saturated carbocycles. The second-order valence-corrected chi connectivity index (χ2v) is 6.33. The third-order valence-electron chi connectivity index (χ3n) is 2.29. The molecule has 0 fully saturated rings. The van der Waals surface area contributed by atoms with Crippen molar-refractivity contribution in [1.82, 2.24) is 0 Å². The normalized spacial score (nSPS) is 13.1. The Bertz CT molecular complexity index is 345. The minimum atomic E-state index is -4.23. The van der Waals surface area contributed by atoms with Crippen molar-refractivity contribution in [3.8, 4) is 11.8 Å². The smallest absolute Gasteiger partial charge is 0.324 e. The maximum atomic E-state index is 11.4. The van der Waals surface area contributed by atoms with Crippen LogP contribution in [0, 0.1) is 23.7 Å². The molecule has 1 atom stereocenters. The second-order valence-electron chi connectivity index (χ2n) is 4.68. The number of hydrogen-bond donors (Lipinski definition) is 2. The molecule has 0 heterocycles. The largest absolute Gasteiger partial charge is 0.332 e. The highest BCUT2D eigenvalue weighted by Gasteiger charge is 2.22. The van der Waals surface area contributed by atoms with Crippen molar-refractivity contribution < 1.29 is 19.1 Å². The van der Waals surface area contributed by atoms with Crippen LogP contribution in [-0.4, -0.2) is 21.7 Å². The van der Waals surface area contributed by atoms with Crippen molar-refractivity contribution in [2.24, 2.45) is 11.8 Å². The first kappa shape index (κ1) is 16.4. The van der Waals surface area contributed by atoms with Gasteiger partial charge in [-0.15, -0.1) is 11.8 Å². The first-order valence-electron chi connectivity index (χ1n) is 5.75. The van der Waals surface area contributed by atoms with Gasteiger partial charge in [0.05, 0.1) is 0 Å². The predicted octanol–water partition coefficient (Wildman–Crippen LogP) is 2.20. The molecule has 0 aromatic carbocycles. The van der Waals surface area contributed by atoms with E-state index >= 15 is 0 Å². The first-order chi connectivity index (χ1) is 7.72. The molecule has 2 N–H and O–H groups in total. The highest BCUT2D eigenvalue weighted by molar-refractivity contribution is 7.52. The van der Waals surface area contributed by atoms with Crippen molar-refractivity contribution in [1.29, 1.82) is 0 Å². The maximum Gasteiger partial charge on any atom is 0.332 e. The van der Waals surface area contributed by atoms with Crippen LogP contribution in [0.4, 0.5) is 0 Å². The van der Waals surface area contributed by atoms with Gasteiger partial charge < -0.3 is 9.79 Å². The molecule has 0 aliphatic carbocycles. The highest BCUT2D eigenvalue weighted by atomic mass is 31.2. The Hall–Kier alpha value is -0.620. The van der Waals surface area contributed by atoms with Gasteiger partial charge in [-0.05, 0) is 12.3 Å². The fourth-order valence-electron chi connectivity index (χ4n) is 1.15. The number of carbonyl (C=O) groups excluding carboxylic acids is 1.